The van der Waals surface area contributed by atoms with Crippen molar-refractivity contribution in [3.63, 3.8) is 0 Å². The lowest BCUT2D eigenvalue weighted by Gasteiger charge is -2.08. The quantitative estimate of drug-likeness (QED) is 0.867. The first kappa shape index (κ1) is 16.1. The van der Waals surface area contributed by atoms with Gasteiger partial charge in [-0.1, -0.05) is 0 Å². The van der Waals surface area contributed by atoms with E-state index in [1.807, 2.05) is 0 Å². The highest BCUT2D eigenvalue weighted by Crippen LogP contribution is 2.29. The van der Waals surface area contributed by atoms with Crippen LogP contribution in [0.3, 0.4) is 0 Å². The zero-order valence-corrected chi connectivity index (χ0v) is 12.4. The number of thiazole rings is 1. The van der Waals surface area contributed by atoms with Crippen molar-refractivity contribution in [1.29, 1.82) is 0 Å². The zero-order valence-electron chi connectivity index (χ0n) is 11.6. The van der Waals surface area contributed by atoms with E-state index in [0.29, 0.717) is 0 Å². The van der Waals surface area contributed by atoms with Crippen LogP contribution in [0.15, 0.2) is 11.4 Å². The molecule has 0 radical (unpaired) electrons. The van der Waals surface area contributed by atoms with Gasteiger partial charge in [-0.05, 0) is 19.9 Å². The molecule has 0 aliphatic rings. The van der Waals surface area contributed by atoms with Crippen LogP contribution in [0.2, 0.25) is 0 Å². The van der Waals surface area contributed by atoms with Crippen molar-refractivity contribution in [2.24, 2.45) is 0 Å². The molecule has 0 saturated heterocycles. The summed E-state index contributed by atoms with van der Waals surface area (Å²) < 4.78 is 42.8. The van der Waals surface area contributed by atoms with Crippen LogP contribution in [-0.2, 0) is 10.9 Å². The van der Waals surface area contributed by atoms with E-state index in [0.717, 1.165) is 17.4 Å². The van der Waals surface area contributed by atoms with Crippen LogP contribution in [0.1, 0.15) is 28.8 Å². The van der Waals surface area contributed by atoms with Crippen molar-refractivity contribution >= 4 is 28.4 Å². The minimum Gasteiger partial charge on any atom is -0.461 e. The number of nitrogens with one attached hydrogen (secondary N) is 1. The number of carbonyl (C=O) groups is 1. The molecular formula is C12H11F3N4O2S. The summed E-state index contributed by atoms with van der Waals surface area (Å²) in [5.41, 5.74) is -0.824. The van der Waals surface area contributed by atoms with Crippen LogP contribution >= 0.6 is 11.3 Å². The minimum atomic E-state index is -4.57. The standard InChI is InChI=1S/C12H11F3N4O2S/c1-3-21-9(20)7-5-22-11(17-7)19-10-16-6(2)4-8(18-10)12(13,14)15/h4-5H,3H2,1-2H3,(H,16,17,18,19). The molecule has 0 atom stereocenters. The fourth-order valence-electron chi connectivity index (χ4n) is 1.50. The summed E-state index contributed by atoms with van der Waals surface area (Å²) >= 11 is 1.03. The third kappa shape index (κ3) is 3.91. The Morgan fingerprint density at radius 2 is 2.09 bits per heavy atom. The normalized spacial score (nSPS) is 11.3. The molecule has 10 heteroatoms. The molecule has 118 valence electrons. The number of aryl methyl sites for hydroxylation is 1. The monoisotopic (exact) mass is 332 g/mol. The van der Waals surface area contributed by atoms with Crippen molar-refractivity contribution in [3.05, 3.63) is 28.5 Å². The molecule has 2 aromatic rings. The molecule has 0 spiro atoms. The molecule has 2 aromatic heterocycles. The Hall–Kier alpha value is -2.23. The summed E-state index contributed by atoms with van der Waals surface area (Å²) in [6.45, 7) is 3.28. The summed E-state index contributed by atoms with van der Waals surface area (Å²) in [5.74, 6) is -0.843. The summed E-state index contributed by atoms with van der Waals surface area (Å²) in [5, 5.41) is 4.18. The largest absolute Gasteiger partial charge is 0.461 e. The van der Waals surface area contributed by atoms with Crippen LogP contribution in [0, 0.1) is 6.92 Å². The maximum absolute atomic E-state index is 12.7. The van der Waals surface area contributed by atoms with E-state index < -0.39 is 17.8 Å². The number of carbonyl (C=O) groups excluding carboxylic acids is 1. The Morgan fingerprint density at radius 1 is 1.36 bits per heavy atom. The topological polar surface area (TPSA) is 77.0 Å². The molecule has 22 heavy (non-hydrogen) atoms. The Balaban J connectivity index is 2.21. The Morgan fingerprint density at radius 3 is 2.73 bits per heavy atom. The van der Waals surface area contributed by atoms with Crippen molar-refractivity contribution in [3.8, 4) is 0 Å². The highest BCUT2D eigenvalue weighted by atomic mass is 32.1. The number of rotatable bonds is 4. The van der Waals surface area contributed by atoms with E-state index in [-0.39, 0.29) is 29.1 Å². The van der Waals surface area contributed by atoms with Gasteiger partial charge in [-0.15, -0.1) is 11.3 Å². The van der Waals surface area contributed by atoms with Gasteiger partial charge in [0.15, 0.2) is 10.8 Å². The molecule has 0 unspecified atom stereocenters. The lowest BCUT2D eigenvalue weighted by Crippen LogP contribution is -2.11. The smallest absolute Gasteiger partial charge is 0.433 e. The Kier molecular flexibility index (Phi) is 4.59. The second-order valence-electron chi connectivity index (χ2n) is 4.10. The molecule has 0 aliphatic heterocycles. The predicted octanol–water partition coefficient (Wildman–Crippen LogP) is 3.18. The van der Waals surface area contributed by atoms with E-state index in [4.69, 9.17) is 4.74 Å². The average molecular weight is 332 g/mol. The highest BCUT2D eigenvalue weighted by Gasteiger charge is 2.33. The van der Waals surface area contributed by atoms with Gasteiger partial charge in [0.1, 0.15) is 5.69 Å². The molecule has 0 fully saturated rings. The Labute approximate surface area is 127 Å². The Bertz CT molecular complexity index is 687. The number of ether oxygens (including phenoxy) is 1. The van der Waals surface area contributed by atoms with Crippen LogP contribution in [0.4, 0.5) is 24.3 Å². The molecular weight excluding hydrogens is 321 g/mol. The van der Waals surface area contributed by atoms with Gasteiger partial charge >= 0.3 is 12.1 Å². The SMILES string of the molecule is CCOC(=O)c1csc(Nc2nc(C)cc(C(F)(F)F)n2)n1. The summed E-state index contributed by atoms with van der Waals surface area (Å²) in [7, 11) is 0. The van der Waals surface area contributed by atoms with Crippen molar-refractivity contribution < 1.29 is 22.7 Å². The molecule has 6 nitrogen and oxygen atoms in total. The predicted molar refractivity (Wildman–Crippen MR) is 73.1 cm³/mol. The first-order valence-corrected chi connectivity index (χ1v) is 7.00. The lowest BCUT2D eigenvalue weighted by atomic mass is 10.3. The maximum Gasteiger partial charge on any atom is 0.433 e. The van der Waals surface area contributed by atoms with E-state index in [1.54, 1.807) is 6.92 Å². The van der Waals surface area contributed by atoms with Gasteiger partial charge in [0, 0.05) is 11.1 Å². The summed E-state index contributed by atoms with van der Waals surface area (Å²) in [6, 6.07) is 0.844. The van der Waals surface area contributed by atoms with Gasteiger partial charge in [-0.3, -0.25) is 0 Å². The van der Waals surface area contributed by atoms with Gasteiger partial charge in [-0.25, -0.2) is 19.7 Å². The zero-order chi connectivity index (χ0) is 16.3. The fourth-order valence-corrected chi connectivity index (χ4v) is 2.17. The third-order valence-corrected chi connectivity index (χ3v) is 3.11. The molecule has 0 bridgehead atoms. The third-order valence-electron chi connectivity index (χ3n) is 2.35. The number of nitrogens with zero attached hydrogens (tertiary/aromatic N) is 3. The van der Waals surface area contributed by atoms with E-state index in [9.17, 15) is 18.0 Å². The number of alkyl halides is 3. The van der Waals surface area contributed by atoms with E-state index in [2.05, 4.69) is 20.3 Å². The van der Waals surface area contributed by atoms with E-state index in [1.165, 1.54) is 12.3 Å². The van der Waals surface area contributed by atoms with Crippen molar-refractivity contribution in [2.75, 3.05) is 11.9 Å². The molecule has 0 saturated carbocycles. The highest BCUT2D eigenvalue weighted by molar-refractivity contribution is 7.14. The molecule has 2 rings (SSSR count). The first-order chi connectivity index (χ1) is 10.3. The van der Waals surface area contributed by atoms with Gasteiger partial charge in [0.05, 0.1) is 6.61 Å². The van der Waals surface area contributed by atoms with Crippen LogP contribution in [0.5, 0.6) is 0 Å². The molecule has 0 amide bonds. The maximum atomic E-state index is 12.7. The second kappa shape index (κ2) is 6.26. The average Bonchev–Trinajstić information content (AvgIpc) is 2.86. The van der Waals surface area contributed by atoms with Gasteiger partial charge in [0.25, 0.3) is 0 Å². The molecule has 1 N–H and O–H groups in total. The fraction of sp³-hybridized carbons (Fsp3) is 0.333. The lowest BCUT2D eigenvalue weighted by molar-refractivity contribution is -0.141. The van der Waals surface area contributed by atoms with Crippen LogP contribution in [0.25, 0.3) is 0 Å². The van der Waals surface area contributed by atoms with E-state index >= 15 is 0 Å². The number of anilines is 2. The first-order valence-electron chi connectivity index (χ1n) is 6.12. The van der Waals surface area contributed by atoms with Gasteiger partial charge in [0.2, 0.25) is 5.95 Å². The number of halogens is 3. The minimum absolute atomic E-state index is 0.0676. The number of aromatic nitrogens is 3. The number of hydrogen-bond acceptors (Lipinski definition) is 7. The van der Waals surface area contributed by atoms with Crippen LogP contribution < -0.4 is 5.32 Å². The molecule has 2 heterocycles. The van der Waals surface area contributed by atoms with Gasteiger partial charge in [-0.2, -0.15) is 13.2 Å². The number of esters is 1. The molecule has 0 aliphatic carbocycles. The van der Waals surface area contributed by atoms with Crippen molar-refractivity contribution in [1.82, 2.24) is 15.0 Å². The summed E-state index contributed by atoms with van der Waals surface area (Å²) in [6.07, 6.45) is -4.57. The van der Waals surface area contributed by atoms with Gasteiger partial charge < -0.3 is 10.1 Å². The summed E-state index contributed by atoms with van der Waals surface area (Å²) in [4.78, 5) is 22.6. The number of hydrogen-bond donors (Lipinski definition) is 1. The second-order valence-corrected chi connectivity index (χ2v) is 4.96. The molecule has 0 aromatic carbocycles. The van der Waals surface area contributed by atoms with Crippen LogP contribution in [-0.4, -0.2) is 27.5 Å². The van der Waals surface area contributed by atoms with Crippen molar-refractivity contribution in [2.45, 2.75) is 20.0 Å².